The van der Waals surface area contributed by atoms with Gasteiger partial charge in [0.05, 0.1) is 18.2 Å². The highest BCUT2D eigenvalue weighted by Gasteiger charge is 2.17. The Balaban J connectivity index is 2.10. The molecule has 1 atom stereocenters. The van der Waals surface area contributed by atoms with Crippen molar-refractivity contribution in [3.05, 3.63) is 65.5 Å². The summed E-state index contributed by atoms with van der Waals surface area (Å²) in [6, 6.07) is 12.9. The number of amides is 1. The number of rotatable bonds is 7. The zero-order valence-electron chi connectivity index (χ0n) is 13.2. The van der Waals surface area contributed by atoms with Crippen molar-refractivity contribution in [1.82, 2.24) is 5.32 Å². The number of hydrogen-bond donors (Lipinski definition) is 1. The molecule has 0 aliphatic rings. The quantitative estimate of drug-likeness (QED) is 0.797. The Labute approximate surface area is 135 Å². The van der Waals surface area contributed by atoms with E-state index in [0.717, 1.165) is 0 Å². The minimum absolute atomic E-state index is 0.311. The maximum Gasteiger partial charge on any atom is 0.255 e. The van der Waals surface area contributed by atoms with Gasteiger partial charge in [0.25, 0.3) is 5.91 Å². The van der Waals surface area contributed by atoms with Crippen LogP contribution < -0.4 is 10.1 Å². The highest BCUT2D eigenvalue weighted by atomic mass is 19.1. The van der Waals surface area contributed by atoms with Gasteiger partial charge in [-0.15, -0.1) is 0 Å². The van der Waals surface area contributed by atoms with Gasteiger partial charge in [-0.3, -0.25) is 4.79 Å². The highest BCUT2D eigenvalue weighted by Crippen LogP contribution is 2.21. The second kappa shape index (κ2) is 8.29. The van der Waals surface area contributed by atoms with Gasteiger partial charge in [0.1, 0.15) is 18.2 Å². The summed E-state index contributed by atoms with van der Waals surface area (Å²) in [5.74, 6) is -0.179. The van der Waals surface area contributed by atoms with Crippen molar-refractivity contribution in [2.45, 2.75) is 13.0 Å². The van der Waals surface area contributed by atoms with Crippen molar-refractivity contribution in [3.63, 3.8) is 0 Å². The molecule has 0 unspecified atom stereocenters. The zero-order valence-corrected chi connectivity index (χ0v) is 13.2. The number of ether oxygens (including phenoxy) is 2. The Kier molecular flexibility index (Phi) is 6.11. The number of hydrogen-bond acceptors (Lipinski definition) is 3. The van der Waals surface area contributed by atoms with Crippen LogP contribution >= 0.6 is 0 Å². The summed E-state index contributed by atoms with van der Waals surface area (Å²) in [6.07, 6.45) is 0. The fourth-order valence-electron chi connectivity index (χ4n) is 2.19. The van der Waals surface area contributed by atoms with Crippen molar-refractivity contribution >= 4 is 5.91 Å². The number of benzene rings is 2. The summed E-state index contributed by atoms with van der Waals surface area (Å²) < 4.78 is 24.3. The topological polar surface area (TPSA) is 47.6 Å². The van der Waals surface area contributed by atoms with E-state index in [1.54, 1.807) is 56.5 Å². The molecule has 0 aliphatic carbocycles. The molecule has 2 aromatic rings. The number of methoxy groups -OCH3 is 1. The zero-order chi connectivity index (χ0) is 16.7. The van der Waals surface area contributed by atoms with Gasteiger partial charge in [-0.1, -0.05) is 30.3 Å². The summed E-state index contributed by atoms with van der Waals surface area (Å²) in [5, 5.41) is 2.79. The minimum atomic E-state index is -0.448. The smallest absolute Gasteiger partial charge is 0.255 e. The fourth-order valence-corrected chi connectivity index (χ4v) is 2.19. The minimum Gasteiger partial charge on any atom is -0.490 e. The monoisotopic (exact) mass is 317 g/mol. The maximum atomic E-state index is 13.8. The summed E-state index contributed by atoms with van der Waals surface area (Å²) in [7, 11) is 1.58. The van der Waals surface area contributed by atoms with Crippen molar-refractivity contribution in [2.75, 3.05) is 20.3 Å². The SMILES string of the molecule is COCCOc1ccccc1C(=O)N[C@@H](C)c1ccccc1F. The van der Waals surface area contributed by atoms with E-state index in [-0.39, 0.29) is 11.7 Å². The van der Waals surface area contributed by atoms with Crippen LogP contribution in [0.3, 0.4) is 0 Å². The molecule has 0 aromatic heterocycles. The average molecular weight is 317 g/mol. The van der Waals surface area contributed by atoms with Gasteiger partial charge in [-0.05, 0) is 25.1 Å². The van der Waals surface area contributed by atoms with Crippen molar-refractivity contribution < 1.29 is 18.7 Å². The predicted molar refractivity (Wildman–Crippen MR) is 86.1 cm³/mol. The third-order valence-corrected chi connectivity index (χ3v) is 3.40. The van der Waals surface area contributed by atoms with Gasteiger partial charge in [0.15, 0.2) is 0 Å². The number of carbonyl (C=O) groups excluding carboxylic acids is 1. The molecule has 0 bridgehead atoms. The van der Waals surface area contributed by atoms with Crippen LogP contribution in [0.5, 0.6) is 5.75 Å². The Bertz CT molecular complexity index is 660. The first kappa shape index (κ1) is 17.0. The molecule has 0 radical (unpaired) electrons. The molecule has 0 spiro atoms. The van der Waals surface area contributed by atoms with E-state index in [2.05, 4.69) is 5.32 Å². The molecule has 4 nitrogen and oxygen atoms in total. The molecule has 0 aliphatic heterocycles. The van der Waals surface area contributed by atoms with Crippen LogP contribution in [-0.4, -0.2) is 26.2 Å². The number of para-hydroxylation sites is 1. The van der Waals surface area contributed by atoms with E-state index in [9.17, 15) is 9.18 Å². The number of carbonyl (C=O) groups is 1. The van der Waals surface area contributed by atoms with E-state index in [1.165, 1.54) is 6.07 Å². The normalized spacial score (nSPS) is 11.8. The van der Waals surface area contributed by atoms with Crippen molar-refractivity contribution in [3.8, 4) is 5.75 Å². The number of halogens is 1. The van der Waals surface area contributed by atoms with Crippen LogP contribution in [-0.2, 0) is 4.74 Å². The Morgan fingerprint density at radius 3 is 2.57 bits per heavy atom. The Morgan fingerprint density at radius 2 is 1.83 bits per heavy atom. The molecule has 23 heavy (non-hydrogen) atoms. The standard InChI is InChI=1S/C18H20FNO3/c1-13(14-7-3-5-9-16(14)19)20-18(21)15-8-4-6-10-17(15)23-12-11-22-2/h3-10,13H,11-12H2,1-2H3,(H,20,21)/t13-/m0/s1. The second-order valence-corrected chi connectivity index (χ2v) is 5.05. The molecule has 0 saturated heterocycles. The van der Waals surface area contributed by atoms with Gasteiger partial charge >= 0.3 is 0 Å². The van der Waals surface area contributed by atoms with Crippen LogP contribution in [0.2, 0.25) is 0 Å². The van der Waals surface area contributed by atoms with Gasteiger partial charge in [0.2, 0.25) is 0 Å². The van der Waals surface area contributed by atoms with Crippen molar-refractivity contribution in [2.24, 2.45) is 0 Å². The summed E-state index contributed by atoms with van der Waals surface area (Å²) in [6.45, 7) is 2.52. The lowest BCUT2D eigenvalue weighted by Gasteiger charge is -2.17. The van der Waals surface area contributed by atoms with Crippen LogP contribution in [0.15, 0.2) is 48.5 Å². The molecular formula is C18H20FNO3. The van der Waals surface area contributed by atoms with Gasteiger partial charge in [0, 0.05) is 12.7 Å². The van der Waals surface area contributed by atoms with E-state index in [4.69, 9.17) is 9.47 Å². The number of nitrogens with one attached hydrogen (secondary N) is 1. The van der Waals surface area contributed by atoms with Gasteiger partial charge in [-0.2, -0.15) is 0 Å². The molecule has 122 valence electrons. The maximum absolute atomic E-state index is 13.8. The first-order chi connectivity index (χ1) is 11.1. The van der Waals surface area contributed by atoms with Crippen LogP contribution in [0, 0.1) is 5.82 Å². The van der Waals surface area contributed by atoms with Crippen LogP contribution in [0.1, 0.15) is 28.9 Å². The molecule has 5 heteroatoms. The van der Waals surface area contributed by atoms with Crippen LogP contribution in [0.25, 0.3) is 0 Å². The van der Waals surface area contributed by atoms with Gasteiger partial charge < -0.3 is 14.8 Å². The fraction of sp³-hybridized carbons (Fsp3) is 0.278. The Morgan fingerprint density at radius 1 is 1.13 bits per heavy atom. The molecule has 0 saturated carbocycles. The Hall–Kier alpha value is -2.40. The molecular weight excluding hydrogens is 297 g/mol. The van der Waals surface area contributed by atoms with E-state index < -0.39 is 6.04 Å². The third-order valence-electron chi connectivity index (χ3n) is 3.40. The molecule has 0 fully saturated rings. The predicted octanol–water partition coefficient (Wildman–Crippen LogP) is 3.34. The van der Waals surface area contributed by atoms with E-state index >= 15 is 0 Å². The molecule has 1 N–H and O–H groups in total. The molecule has 0 heterocycles. The van der Waals surface area contributed by atoms with E-state index in [1.807, 2.05) is 0 Å². The molecule has 1 amide bonds. The second-order valence-electron chi connectivity index (χ2n) is 5.05. The average Bonchev–Trinajstić information content (AvgIpc) is 2.55. The first-order valence-electron chi connectivity index (χ1n) is 7.39. The van der Waals surface area contributed by atoms with Crippen LogP contribution in [0.4, 0.5) is 4.39 Å². The summed E-state index contributed by atoms with van der Waals surface area (Å²) in [4.78, 5) is 12.4. The molecule has 2 aromatic carbocycles. The summed E-state index contributed by atoms with van der Waals surface area (Å²) >= 11 is 0. The lowest BCUT2D eigenvalue weighted by atomic mass is 10.1. The highest BCUT2D eigenvalue weighted by molar-refractivity contribution is 5.97. The van der Waals surface area contributed by atoms with Gasteiger partial charge in [-0.25, -0.2) is 4.39 Å². The summed E-state index contributed by atoms with van der Waals surface area (Å²) in [5.41, 5.74) is 0.852. The largest absolute Gasteiger partial charge is 0.490 e. The van der Waals surface area contributed by atoms with Crippen molar-refractivity contribution in [1.29, 1.82) is 0 Å². The lowest BCUT2D eigenvalue weighted by Crippen LogP contribution is -2.27. The lowest BCUT2D eigenvalue weighted by molar-refractivity contribution is 0.0931. The molecule has 2 rings (SSSR count). The third kappa shape index (κ3) is 4.53. The van der Waals surface area contributed by atoms with E-state index in [0.29, 0.717) is 30.1 Å². The first-order valence-corrected chi connectivity index (χ1v) is 7.39.